The molecule has 1 aliphatic heterocycles. The molecule has 1 N–H and O–H groups in total. The van der Waals surface area contributed by atoms with Gasteiger partial charge in [-0.15, -0.1) is 0 Å². The molecule has 0 amide bonds. The predicted octanol–water partition coefficient (Wildman–Crippen LogP) is 2.64. The molecule has 0 bridgehead atoms. The number of para-hydroxylation sites is 1. The molecular weight excluding hydrogens is 274 g/mol. The van der Waals surface area contributed by atoms with Gasteiger partial charge in [-0.2, -0.15) is 0 Å². The van der Waals surface area contributed by atoms with E-state index >= 15 is 0 Å². The zero-order valence-corrected chi connectivity index (χ0v) is 11.3. The Kier molecular flexibility index (Phi) is 3.31. The lowest BCUT2D eigenvalue weighted by Crippen LogP contribution is -2.06. The highest BCUT2D eigenvalue weighted by molar-refractivity contribution is 5.60. The molecule has 7 nitrogen and oxygen atoms in total. The monoisotopic (exact) mass is 287 g/mol. The van der Waals surface area contributed by atoms with Gasteiger partial charge < -0.3 is 14.8 Å². The van der Waals surface area contributed by atoms with E-state index in [1.54, 1.807) is 19.2 Å². The summed E-state index contributed by atoms with van der Waals surface area (Å²) in [5.41, 5.74) is 1.42. The third kappa shape index (κ3) is 2.45. The normalized spacial score (nSPS) is 12.2. The van der Waals surface area contributed by atoms with Crippen molar-refractivity contribution >= 4 is 11.5 Å². The van der Waals surface area contributed by atoms with E-state index in [2.05, 4.69) is 10.3 Å². The molecule has 108 valence electrons. The van der Waals surface area contributed by atoms with Crippen LogP contribution in [0.1, 0.15) is 11.1 Å². The molecule has 0 saturated heterocycles. The van der Waals surface area contributed by atoms with Gasteiger partial charge in [0.15, 0.2) is 11.5 Å². The van der Waals surface area contributed by atoms with Crippen LogP contribution in [0.4, 0.5) is 11.5 Å². The molecule has 0 atom stereocenters. The number of nitrogens with zero attached hydrogens (tertiary/aromatic N) is 2. The predicted molar refractivity (Wildman–Crippen MR) is 75.5 cm³/mol. The minimum Gasteiger partial charge on any atom is -0.454 e. The highest BCUT2D eigenvalue weighted by atomic mass is 16.7. The maximum absolute atomic E-state index is 11.1. The lowest BCUT2D eigenvalue weighted by molar-refractivity contribution is -0.384. The fraction of sp³-hybridized carbons (Fsp3) is 0.214. The maximum Gasteiger partial charge on any atom is 0.314 e. The summed E-state index contributed by atoms with van der Waals surface area (Å²) in [5.74, 6) is 1.60. The fourth-order valence-electron chi connectivity index (χ4n) is 2.22. The number of pyridine rings is 1. The number of aromatic nitrogens is 1. The first-order valence-electron chi connectivity index (χ1n) is 6.38. The van der Waals surface area contributed by atoms with Gasteiger partial charge in [0.2, 0.25) is 12.6 Å². The van der Waals surface area contributed by atoms with Crippen LogP contribution < -0.4 is 14.8 Å². The van der Waals surface area contributed by atoms with E-state index in [-0.39, 0.29) is 18.3 Å². The van der Waals surface area contributed by atoms with Crippen molar-refractivity contribution in [1.29, 1.82) is 0 Å². The summed E-state index contributed by atoms with van der Waals surface area (Å²) in [4.78, 5) is 14.7. The number of hydrogen-bond donors (Lipinski definition) is 1. The van der Waals surface area contributed by atoms with Crippen molar-refractivity contribution in [2.45, 2.75) is 13.5 Å². The van der Waals surface area contributed by atoms with E-state index < -0.39 is 4.92 Å². The van der Waals surface area contributed by atoms with Gasteiger partial charge in [-0.1, -0.05) is 12.1 Å². The van der Waals surface area contributed by atoms with Crippen LogP contribution in [0.5, 0.6) is 11.5 Å². The number of fused-ring (bicyclic) bond motifs is 1. The quantitative estimate of drug-likeness (QED) is 0.687. The minimum atomic E-state index is -0.431. The minimum absolute atomic E-state index is 0.0118. The van der Waals surface area contributed by atoms with E-state index in [1.165, 1.54) is 0 Å². The van der Waals surface area contributed by atoms with Gasteiger partial charge in [0.25, 0.3) is 0 Å². The summed E-state index contributed by atoms with van der Waals surface area (Å²) in [6, 6.07) is 7.16. The smallest absolute Gasteiger partial charge is 0.314 e. The van der Waals surface area contributed by atoms with Crippen molar-refractivity contribution in [3.63, 3.8) is 0 Å². The second kappa shape index (κ2) is 5.28. The second-order valence-electron chi connectivity index (χ2n) is 4.59. The van der Waals surface area contributed by atoms with Crippen molar-refractivity contribution in [3.05, 3.63) is 51.7 Å². The van der Waals surface area contributed by atoms with Crippen LogP contribution >= 0.6 is 0 Å². The van der Waals surface area contributed by atoms with Gasteiger partial charge >= 0.3 is 5.69 Å². The average molecular weight is 287 g/mol. The van der Waals surface area contributed by atoms with Crippen molar-refractivity contribution in [3.8, 4) is 11.5 Å². The SMILES string of the molecule is Cc1ccnc(NCc2cccc3c2OCO3)c1[N+](=O)[O-]. The van der Waals surface area contributed by atoms with Crippen molar-refractivity contribution < 1.29 is 14.4 Å². The van der Waals surface area contributed by atoms with Crippen LogP contribution in [0.3, 0.4) is 0 Å². The molecule has 0 fully saturated rings. The van der Waals surface area contributed by atoms with Crippen molar-refractivity contribution in [1.82, 2.24) is 4.98 Å². The van der Waals surface area contributed by atoms with Crippen LogP contribution in [0.2, 0.25) is 0 Å². The van der Waals surface area contributed by atoms with Crippen LogP contribution in [-0.4, -0.2) is 16.7 Å². The van der Waals surface area contributed by atoms with E-state index in [9.17, 15) is 10.1 Å². The van der Waals surface area contributed by atoms with Crippen LogP contribution in [-0.2, 0) is 6.54 Å². The summed E-state index contributed by atoms with van der Waals surface area (Å²) in [5, 5.41) is 14.1. The van der Waals surface area contributed by atoms with E-state index in [0.717, 1.165) is 5.56 Å². The number of rotatable bonds is 4. The Bertz CT molecular complexity index is 703. The largest absolute Gasteiger partial charge is 0.454 e. The Morgan fingerprint density at radius 2 is 2.24 bits per heavy atom. The third-order valence-corrected chi connectivity index (χ3v) is 3.23. The maximum atomic E-state index is 11.1. The summed E-state index contributed by atoms with van der Waals surface area (Å²) in [6.07, 6.45) is 1.54. The number of anilines is 1. The number of ether oxygens (including phenoxy) is 2. The topological polar surface area (TPSA) is 86.5 Å². The highest BCUT2D eigenvalue weighted by Crippen LogP contribution is 2.36. The molecule has 0 aliphatic carbocycles. The molecule has 21 heavy (non-hydrogen) atoms. The standard InChI is InChI=1S/C14H13N3O4/c1-9-5-6-15-14(12(9)17(18)19)16-7-10-3-2-4-11-13(10)21-8-20-11/h2-6H,7-8H2,1H3,(H,15,16). The summed E-state index contributed by atoms with van der Waals surface area (Å²) in [6.45, 7) is 2.24. The summed E-state index contributed by atoms with van der Waals surface area (Å²) >= 11 is 0. The van der Waals surface area contributed by atoms with Crippen molar-refractivity contribution in [2.24, 2.45) is 0 Å². The molecule has 0 radical (unpaired) electrons. The third-order valence-electron chi connectivity index (χ3n) is 3.23. The first-order valence-corrected chi connectivity index (χ1v) is 6.38. The Hall–Kier alpha value is -2.83. The molecular formula is C14H13N3O4. The van der Waals surface area contributed by atoms with E-state index in [4.69, 9.17) is 9.47 Å². The molecule has 7 heteroatoms. The molecule has 0 saturated carbocycles. The first-order chi connectivity index (χ1) is 10.2. The summed E-state index contributed by atoms with van der Waals surface area (Å²) < 4.78 is 10.7. The fourth-order valence-corrected chi connectivity index (χ4v) is 2.22. The van der Waals surface area contributed by atoms with Gasteiger partial charge in [0.05, 0.1) is 4.92 Å². The highest BCUT2D eigenvalue weighted by Gasteiger charge is 2.20. The lowest BCUT2D eigenvalue weighted by Gasteiger charge is -2.09. The zero-order valence-electron chi connectivity index (χ0n) is 11.3. The number of benzene rings is 1. The first kappa shape index (κ1) is 13.2. The molecule has 0 spiro atoms. The molecule has 1 aliphatic rings. The molecule has 2 aromatic rings. The van der Waals surface area contributed by atoms with Crippen LogP contribution in [0, 0.1) is 17.0 Å². The summed E-state index contributed by atoms with van der Waals surface area (Å²) in [7, 11) is 0. The second-order valence-corrected chi connectivity index (χ2v) is 4.59. The van der Waals surface area contributed by atoms with E-state index in [0.29, 0.717) is 23.6 Å². The number of aryl methyl sites for hydroxylation is 1. The van der Waals surface area contributed by atoms with Crippen molar-refractivity contribution in [2.75, 3.05) is 12.1 Å². The molecule has 3 rings (SSSR count). The van der Waals surface area contributed by atoms with E-state index in [1.807, 2.05) is 18.2 Å². The molecule has 2 heterocycles. The van der Waals surface area contributed by atoms with Gasteiger partial charge in [-0.05, 0) is 19.1 Å². The van der Waals surface area contributed by atoms with Gasteiger partial charge in [-0.3, -0.25) is 10.1 Å². The van der Waals surface area contributed by atoms with Crippen LogP contribution in [0.15, 0.2) is 30.5 Å². The average Bonchev–Trinajstić information content (AvgIpc) is 2.93. The van der Waals surface area contributed by atoms with Gasteiger partial charge in [0.1, 0.15) is 0 Å². The molecule has 1 aromatic carbocycles. The molecule has 1 aromatic heterocycles. The lowest BCUT2D eigenvalue weighted by atomic mass is 10.2. The molecule has 0 unspecified atom stereocenters. The Balaban J connectivity index is 1.85. The Morgan fingerprint density at radius 1 is 1.38 bits per heavy atom. The number of hydrogen-bond acceptors (Lipinski definition) is 6. The van der Waals surface area contributed by atoms with Gasteiger partial charge in [-0.25, -0.2) is 4.98 Å². The Labute approximate surface area is 120 Å². The number of nitro groups is 1. The Morgan fingerprint density at radius 3 is 3.05 bits per heavy atom. The van der Waals surface area contributed by atoms with Gasteiger partial charge in [0, 0.05) is 23.9 Å². The van der Waals surface area contributed by atoms with Crippen LogP contribution in [0.25, 0.3) is 0 Å². The zero-order chi connectivity index (χ0) is 14.8. The number of nitrogens with one attached hydrogen (secondary N) is 1.